The van der Waals surface area contributed by atoms with Crippen LogP contribution in [0.1, 0.15) is 11.5 Å². The number of aryl methyl sites for hydroxylation is 1. The summed E-state index contributed by atoms with van der Waals surface area (Å²) in [4.78, 5) is 4.21. The highest BCUT2D eigenvalue weighted by atomic mass is 16.3. The molecule has 1 aromatic carbocycles. The van der Waals surface area contributed by atoms with Crippen LogP contribution in [-0.4, -0.2) is 4.98 Å². The van der Waals surface area contributed by atoms with E-state index in [1.807, 2.05) is 25.1 Å². The van der Waals surface area contributed by atoms with Crippen molar-refractivity contribution in [3.63, 3.8) is 0 Å². The maximum Gasteiger partial charge on any atom is 0.219 e. The third kappa shape index (κ3) is 1.01. The average molecular weight is 159 g/mol. The molecule has 0 bridgehead atoms. The van der Waals surface area contributed by atoms with E-state index in [4.69, 9.17) is 4.42 Å². The zero-order valence-electron chi connectivity index (χ0n) is 6.87. The van der Waals surface area contributed by atoms with Gasteiger partial charge in [0, 0.05) is 0 Å². The average Bonchev–Trinajstić information content (AvgIpc) is 2.46. The van der Waals surface area contributed by atoms with Gasteiger partial charge in [-0.2, -0.15) is 0 Å². The van der Waals surface area contributed by atoms with Crippen molar-refractivity contribution in [1.29, 1.82) is 0 Å². The Kier molecular flexibility index (Phi) is 1.47. The Bertz CT molecular complexity index is 428. The van der Waals surface area contributed by atoms with Gasteiger partial charge in [0.2, 0.25) is 5.89 Å². The molecule has 0 N–H and O–H groups in total. The van der Waals surface area contributed by atoms with Crippen LogP contribution in [0, 0.1) is 6.92 Å². The van der Waals surface area contributed by atoms with E-state index in [1.54, 1.807) is 6.08 Å². The van der Waals surface area contributed by atoms with Gasteiger partial charge in [-0.1, -0.05) is 12.6 Å². The fourth-order valence-electron chi connectivity index (χ4n) is 1.14. The van der Waals surface area contributed by atoms with Gasteiger partial charge in [-0.05, 0) is 30.7 Å². The first kappa shape index (κ1) is 7.10. The number of aromatic nitrogens is 1. The molecular weight excluding hydrogens is 150 g/mol. The third-order valence-electron chi connectivity index (χ3n) is 1.73. The van der Waals surface area contributed by atoms with Crippen molar-refractivity contribution in [1.82, 2.24) is 4.98 Å². The van der Waals surface area contributed by atoms with Gasteiger partial charge < -0.3 is 4.42 Å². The summed E-state index contributed by atoms with van der Waals surface area (Å²) < 4.78 is 5.34. The summed E-state index contributed by atoms with van der Waals surface area (Å²) in [5, 5.41) is 0. The van der Waals surface area contributed by atoms with Crippen LogP contribution >= 0.6 is 0 Å². The number of nitrogens with zero attached hydrogens (tertiary/aromatic N) is 1. The van der Waals surface area contributed by atoms with Crippen molar-refractivity contribution < 1.29 is 4.42 Å². The summed E-state index contributed by atoms with van der Waals surface area (Å²) in [5.41, 5.74) is 2.90. The molecule has 60 valence electrons. The Hall–Kier alpha value is -1.57. The second-order valence-corrected chi connectivity index (χ2v) is 2.73. The second-order valence-electron chi connectivity index (χ2n) is 2.73. The van der Waals surface area contributed by atoms with Gasteiger partial charge in [0.1, 0.15) is 5.52 Å². The van der Waals surface area contributed by atoms with Crippen molar-refractivity contribution in [3.8, 4) is 0 Å². The van der Waals surface area contributed by atoms with Crippen LogP contribution in [0.5, 0.6) is 0 Å². The fraction of sp³-hybridized carbons (Fsp3) is 0.100. The standard InChI is InChI=1S/C10H9NO/c1-3-10-11-8-6-7(2)4-5-9(8)12-10/h3-6H,1H2,2H3. The van der Waals surface area contributed by atoms with E-state index in [1.165, 1.54) is 5.56 Å². The smallest absolute Gasteiger partial charge is 0.219 e. The zero-order chi connectivity index (χ0) is 8.55. The second kappa shape index (κ2) is 2.48. The van der Waals surface area contributed by atoms with Crippen LogP contribution in [0.2, 0.25) is 0 Å². The van der Waals surface area contributed by atoms with Crippen LogP contribution in [0.25, 0.3) is 17.2 Å². The molecule has 0 aliphatic heterocycles. The highest BCUT2D eigenvalue weighted by molar-refractivity contribution is 5.74. The third-order valence-corrected chi connectivity index (χ3v) is 1.73. The molecule has 1 heterocycles. The number of hydrogen-bond donors (Lipinski definition) is 0. The molecule has 2 nitrogen and oxygen atoms in total. The molecule has 0 saturated carbocycles. The van der Waals surface area contributed by atoms with E-state index in [2.05, 4.69) is 11.6 Å². The van der Waals surface area contributed by atoms with Crippen molar-refractivity contribution in [2.45, 2.75) is 6.92 Å². The summed E-state index contributed by atoms with van der Waals surface area (Å²) in [6.07, 6.45) is 1.61. The topological polar surface area (TPSA) is 26.0 Å². The van der Waals surface area contributed by atoms with E-state index in [9.17, 15) is 0 Å². The molecule has 0 unspecified atom stereocenters. The summed E-state index contributed by atoms with van der Waals surface area (Å²) in [7, 11) is 0. The first-order valence-corrected chi connectivity index (χ1v) is 3.79. The van der Waals surface area contributed by atoms with E-state index in [0.717, 1.165) is 11.1 Å². The van der Waals surface area contributed by atoms with Crippen molar-refractivity contribution in [2.24, 2.45) is 0 Å². The van der Waals surface area contributed by atoms with Crippen LogP contribution in [0.15, 0.2) is 29.2 Å². The predicted molar refractivity (Wildman–Crippen MR) is 48.8 cm³/mol. The van der Waals surface area contributed by atoms with Gasteiger partial charge in [-0.15, -0.1) is 0 Å². The van der Waals surface area contributed by atoms with Crippen molar-refractivity contribution in [2.75, 3.05) is 0 Å². The normalized spacial score (nSPS) is 10.4. The first-order valence-electron chi connectivity index (χ1n) is 3.79. The van der Waals surface area contributed by atoms with Crippen LogP contribution in [-0.2, 0) is 0 Å². The van der Waals surface area contributed by atoms with E-state index >= 15 is 0 Å². The van der Waals surface area contributed by atoms with Gasteiger partial charge in [0.05, 0.1) is 0 Å². The summed E-state index contributed by atoms with van der Waals surface area (Å²) in [6.45, 7) is 5.62. The van der Waals surface area contributed by atoms with E-state index in [-0.39, 0.29) is 0 Å². The molecule has 2 heteroatoms. The SMILES string of the molecule is C=Cc1nc2cc(C)ccc2o1. The molecule has 2 rings (SSSR count). The molecule has 12 heavy (non-hydrogen) atoms. The maximum atomic E-state index is 5.34. The molecule has 0 spiro atoms. The Labute approximate surface area is 70.5 Å². The van der Waals surface area contributed by atoms with Crippen molar-refractivity contribution >= 4 is 17.2 Å². The number of benzene rings is 1. The van der Waals surface area contributed by atoms with Gasteiger partial charge in [-0.25, -0.2) is 4.98 Å². The lowest BCUT2D eigenvalue weighted by molar-refractivity contribution is 0.589. The number of hydrogen-bond acceptors (Lipinski definition) is 2. The van der Waals surface area contributed by atoms with Gasteiger partial charge in [-0.3, -0.25) is 0 Å². The molecule has 0 amide bonds. The van der Waals surface area contributed by atoms with E-state index in [0.29, 0.717) is 5.89 Å². The van der Waals surface area contributed by atoms with Gasteiger partial charge in [0.15, 0.2) is 5.58 Å². The zero-order valence-corrected chi connectivity index (χ0v) is 6.87. The molecule has 0 saturated heterocycles. The Balaban J connectivity index is 2.75. The highest BCUT2D eigenvalue weighted by Crippen LogP contribution is 2.16. The summed E-state index contributed by atoms with van der Waals surface area (Å²) in [6, 6.07) is 5.91. The maximum absolute atomic E-state index is 5.34. The summed E-state index contributed by atoms with van der Waals surface area (Å²) >= 11 is 0. The first-order chi connectivity index (χ1) is 5.79. The fourth-order valence-corrected chi connectivity index (χ4v) is 1.14. The van der Waals surface area contributed by atoms with Crippen LogP contribution in [0.3, 0.4) is 0 Å². The lowest BCUT2D eigenvalue weighted by Crippen LogP contribution is -1.71. The Morgan fingerprint density at radius 2 is 2.33 bits per heavy atom. The van der Waals surface area contributed by atoms with Crippen LogP contribution < -0.4 is 0 Å². The highest BCUT2D eigenvalue weighted by Gasteiger charge is 2.01. The minimum absolute atomic E-state index is 0.579. The van der Waals surface area contributed by atoms with Gasteiger partial charge in [0.25, 0.3) is 0 Å². The largest absolute Gasteiger partial charge is 0.437 e. The molecule has 0 fully saturated rings. The molecule has 0 radical (unpaired) electrons. The number of oxazole rings is 1. The predicted octanol–water partition coefficient (Wildman–Crippen LogP) is 2.78. The van der Waals surface area contributed by atoms with E-state index < -0.39 is 0 Å². The number of rotatable bonds is 1. The molecule has 2 aromatic rings. The Morgan fingerprint density at radius 3 is 3.08 bits per heavy atom. The Morgan fingerprint density at radius 1 is 1.50 bits per heavy atom. The quantitative estimate of drug-likeness (QED) is 0.639. The molecule has 0 aliphatic carbocycles. The minimum Gasteiger partial charge on any atom is -0.437 e. The van der Waals surface area contributed by atoms with Crippen LogP contribution in [0.4, 0.5) is 0 Å². The lowest BCUT2D eigenvalue weighted by Gasteiger charge is -1.87. The van der Waals surface area contributed by atoms with Crippen molar-refractivity contribution in [3.05, 3.63) is 36.2 Å². The van der Waals surface area contributed by atoms with Gasteiger partial charge >= 0.3 is 0 Å². The minimum atomic E-state index is 0.579. The molecule has 0 aliphatic rings. The number of fused-ring (bicyclic) bond motifs is 1. The monoisotopic (exact) mass is 159 g/mol. The molecular formula is C10H9NO. The summed E-state index contributed by atoms with van der Waals surface area (Å²) in [5.74, 6) is 0.579. The lowest BCUT2D eigenvalue weighted by atomic mass is 10.2. The molecule has 1 aromatic heterocycles. The molecule has 0 atom stereocenters.